The number of nitrogens with one attached hydrogen (secondary N) is 1. The Hall–Kier alpha value is -1.63. The molecule has 2 aliphatic rings. The number of carbonyl (C=O) groups is 3. The third-order valence-electron chi connectivity index (χ3n) is 3.81. The minimum Gasteiger partial charge on any atom is -0.480 e. The first-order valence-electron chi connectivity index (χ1n) is 6.93. The summed E-state index contributed by atoms with van der Waals surface area (Å²) in [6.07, 6.45) is 1.50. The van der Waals surface area contributed by atoms with Crippen molar-refractivity contribution in [3.63, 3.8) is 0 Å². The number of morpholine rings is 1. The molecule has 1 aliphatic carbocycles. The number of aliphatic carboxylic acids is 1. The zero-order valence-electron chi connectivity index (χ0n) is 11.6. The van der Waals surface area contributed by atoms with Crippen LogP contribution in [0, 0.1) is 5.41 Å². The first-order chi connectivity index (χ1) is 9.53. The second-order valence-electron chi connectivity index (χ2n) is 5.27. The van der Waals surface area contributed by atoms with Gasteiger partial charge in [0.15, 0.2) is 0 Å². The predicted molar refractivity (Wildman–Crippen MR) is 68.9 cm³/mol. The molecule has 1 saturated carbocycles. The Balaban J connectivity index is 2.09. The highest BCUT2D eigenvalue weighted by Crippen LogP contribution is 2.47. The first kappa shape index (κ1) is 14.8. The molecule has 0 aromatic rings. The van der Waals surface area contributed by atoms with Crippen LogP contribution in [0.25, 0.3) is 0 Å². The van der Waals surface area contributed by atoms with Crippen molar-refractivity contribution < 1.29 is 24.2 Å². The number of carboxylic acid groups (broad SMARTS) is 1. The standard InChI is InChI=1S/C13H20N2O5/c1-2-5-14-10(16)9-8-20-7-6-15(9)11(17)13(3-4-13)12(18)19/h9H,2-8H2,1H3,(H,14,16)(H,18,19). The van der Waals surface area contributed by atoms with Gasteiger partial charge in [-0.2, -0.15) is 0 Å². The Kier molecular flexibility index (Phi) is 4.27. The van der Waals surface area contributed by atoms with E-state index in [0.717, 1.165) is 6.42 Å². The Labute approximate surface area is 117 Å². The molecule has 1 saturated heterocycles. The molecule has 0 aromatic heterocycles. The van der Waals surface area contributed by atoms with E-state index < -0.39 is 23.3 Å². The van der Waals surface area contributed by atoms with Crippen molar-refractivity contribution in [3.8, 4) is 0 Å². The second-order valence-corrected chi connectivity index (χ2v) is 5.27. The molecule has 1 atom stereocenters. The quantitative estimate of drug-likeness (QED) is 0.670. The van der Waals surface area contributed by atoms with Gasteiger partial charge in [-0.05, 0) is 19.3 Å². The summed E-state index contributed by atoms with van der Waals surface area (Å²) in [5, 5.41) is 11.9. The van der Waals surface area contributed by atoms with E-state index in [9.17, 15) is 19.5 Å². The molecule has 0 radical (unpaired) electrons. The molecule has 1 heterocycles. The molecule has 0 bridgehead atoms. The Morgan fingerprint density at radius 1 is 1.40 bits per heavy atom. The van der Waals surface area contributed by atoms with E-state index in [0.29, 0.717) is 26.0 Å². The van der Waals surface area contributed by atoms with Gasteiger partial charge in [-0.25, -0.2) is 0 Å². The van der Waals surface area contributed by atoms with E-state index in [1.165, 1.54) is 4.90 Å². The van der Waals surface area contributed by atoms with Crippen molar-refractivity contribution in [2.24, 2.45) is 5.41 Å². The maximum atomic E-state index is 12.4. The van der Waals surface area contributed by atoms with Crippen LogP contribution < -0.4 is 5.32 Å². The first-order valence-corrected chi connectivity index (χ1v) is 6.93. The lowest BCUT2D eigenvalue weighted by Gasteiger charge is -2.36. The van der Waals surface area contributed by atoms with Gasteiger partial charge in [0.1, 0.15) is 11.5 Å². The number of hydrogen-bond donors (Lipinski definition) is 2. The fourth-order valence-corrected chi connectivity index (χ4v) is 2.35. The van der Waals surface area contributed by atoms with E-state index in [4.69, 9.17) is 4.74 Å². The van der Waals surface area contributed by atoms with Crippen LogP contribution in [0.2, 0.25) is 0 Å². The fraction of sp³-hybridized carbons (Fsp3) is 0.769. The fourth-order valence-electron chi connectivity index (χ4n) is 2.35. The van der Waals surface area contributed by atoms with Gasteiger partial charge in [-0.15, -0.1) is 0 Å². The van der Waals surface area contributed by atoms with Crippen LogP contribution in [0.5, 0.6) is 0 Å². The van der Waals surface area contributed by atoms with Gasteiger partial charge >= 0.3 is 5.97 Å². The van der Waals surface area contributed by atoms with E-state index in [2.05, 4.69) is 5.32 Å². The number of hydrogen-bond acceptors (Lipinski definition) is 4. The van der Waals surface area contributed by atoms with E-state index in [-0.39, 0.29) is 19.1 Å². The van der Waals surface area contributed by atoms with Crippen LogP contribution in [0.4, 0.5) is 0 Å². The summed E-state index contributed by atoms with van der Waals surface area (Å²) in [6, 6.07) is -0.723. The maximum Gasteiger partial charge on any atom is 0.319 e. The Bertz CT molecular complexity index is 419. The van der Waals surface area contributed by atoms with Gasteiger partial charge in [0, 0.05) is 13.1 Å². The second kappa shape index (κ2) is 5.78. The van der Waals surface area contributed by atoms with Gasteiger partial charge in [0.05, 0.1) is 13.2 Å². The van der Waals surface area contributed by atoms with Crippen molar-refractivity contribution >= 4 is 17.8 Å². The SMILES string of the molecule is CCCNC(=O)C1COCCN1C(=O)C1(C(=O)O)CC1. The van der Waals surface area contributed by atoms with Crippen LogP contribution in [-0.4, -0.2) is 60.1 Å². The molecule has 7 heteroatoms. The van der Waals surface area contributed by atoms with Gasteiger partial charge in [-0.1, -0.05) is 6.92 Å². The minimum absolute atomic E-state index is 0.122. The van der Waals surface area contributed by atoms with Crippen LogP contribution in [-0.2, 0) is 19.1 Å². The van der Waals surface area contributed by atoms with Crippen LogP contribution in [0.1, 0.15) is 26.2 Å². The summed E-state index contributed by atoms with van der Waals surface area (Å²) in [5.41, 5.74) is -1.30. The van der Waals surface area contributed by atoms with Gasteiger partial charge < -0.3 is 20.1 Å². The van der Waals surface area contributed by atoms with Crippen molar-refractivity contribution in [2.75, 3.05) is 26.3 Å². The molecular formula is C13H20N2O5. The molecule has 1 aliphatic heterocycles. The lowest BCUT2D eigenvalue weighted by atomic mass is 10.0. The third kappa shape index (κ3) is 2.63. The number of carbonyl (C=O) groups excluding carboxylic acids is 2. The summed E-state index contributed by atoms with van der Waals surface area (Å²) in [7, 11) is 0. The van der Waals surface area contributed by atoms with E-state index in [1.54, 1.807) is 0 Å². The lowest BCUT2D eigenvalue weighted by Crippen LogP contribution is -2.58. The highest BCUT2D eigenvalue weighted by molar-refractivity contribution is 6.06. The molecule has 0 aromatic carbocycles. The largest absolute Gasteiger partial charge is 0.480 e. The van der Waals surface area contributed by atoms with Crippen LogP contribution >= 0.6 is 0 Å². The summed E-state index contributed by atoms with van der Waals surface area (Å²) < 4.78 is 5.26. The summed E-state index contributed by atoms with van der Waals surface area (Å²) >= 11 is 0. The summed E-state index contributed by atoms with van der Waals surface area (Å²) in [4.78, 5) is 37.1. The molecule has 2 N–H and O–H groups in total. The zero-order valence-corrected chi connectivity index (χ0v) is 11.6. The molecule has 7 nitrogen and oxygen atoms in total. The summed E-state index contributed by atoms with van der Waals surface area (Å²) in [6.45, 7) is 3.18. The average Bonchev–Trinajstić information content (AvgIpc) is 3.25. The predicted octanol–water partition coefficient (Wildman–Crippen LogP) is -0.395. The maximum absolute atomic E-state index is 12.4. The number of amides is 2. The highest BCUT2D eigenvalue weighted by Gasteiger charge is 2.59. The molecule has 20 heavy (non-hydrogen) atoms. The molecule has 112 valence electrons. The third-order valence-corrected chi connectivity index (χ3v) is 3.81. The lowest BCUT2D eigenvalue weighted by molar-refractivity contribution is -0.161. The van der Waals surface area contributed by atoms with E-state index in [1.807, 2.05) is 6.92 Å². The minimum atomic E-state index is -1.30. The molecule has 2 rings (SSSR count). The van der Waals surface area contributed by atoms with Crippen molar-refractivity contribution in [1.82, 2.24) is 10.2 Å². The van der Waals surface area contributed by atoms with E-state index >= 15 is 0 Å². The number of ether oxygens (including phenoxy) is 1. The number of rotatable bonds is 5. The summed E-state index contributed by atoms with van der Waals surface area (Å²) in [5.74, 6) is -1.83. The molecule has 1 unspecified atom stereocenters. The topological polar surface area (TPSA) is 95.9 Å². The van der Waals surface area contributed by atoms with Crippen molar-refractivity contribution in [2.45, 2.75) is 32.2 Å². The average molecular weight is 284 g/mol. The Morgan fingerprint density at radius 2 is 2.10 bits per heavy atom. The van der Waals surface area contributed by atoms with Crippen molar-refractivity contribution in [1.29, 1.82) is 0 Å². The smallest absolute Gasteiger partial charge is 0.319 e. The molecular weight excluding hydrogens is 264 g/mol. The monoisotopic (exact) mass is 284 g/mol. The van der Waals surface area contributed by atoms with Gasteiger partial charge in [0.25, 0.3) is 0 Å². The van der Waals surface area contributed by atoms with Gasteiger partial charge in [-0.3, -0.25) is 14.4 Å². The van der Waals surface area contributed by atoms with Crippen LogP contribution in [0.15, 0.2) is 0 Å². The normalized spacial score (nSPS) is 24.1. The number of carboxylic acids is 1. The molecule has 2 amide bonds. The number of nitrogens with zero attached hydrogens (tertiary/aromatic N) is 1. The zero-order chi connectivity index (χ0) is 14.8. The molecule has 0 spiro atoms. The molecule has 2 fully saturated rings. The van der Waals surface area contributed by atoms with Crippen molar-refractivity contribution in [3.05, 3.63) is 0 Å². The van der Waals surface area contributed by atoms with Crippen LogP contribution in [0.3, 0.4) is 0 Å². The Morgan fingerprint density at radius 3 is 2.65 bits per heavy atom. The highest BCUT2D eigenvalue weighted by atomic mass is 16.5. The van der Waals surface area contributed by atoms with Gasteiger partial charge in [0.2, 0.25) is 11.8 Å².